The molecule has 1 aromatic heterocycles. The molecule has 7 heteroatoms. The van der Waals surface area contributed by atoms with E-state index in [1.165, 1.54) is 0 Å². The lowest BCUT2D eigenvalue weighted by Gasteiger charge is -1.82. The summed E-state index contributed by atoms with van der Waals surface area (Å²) in [7, 11) is -1.56. The first-order valence-corrected chi connectivity index (χ1v) is 3.87. The Morgan fingerprint density at radius 2 is 2.10 bits per heavy atom. The molecule has 1 rings (SSSR count). The first-order valence-electron chi connectivity index (χ1n) is 2.21. The highest BCUT2D eigenvalue weighted by molar-refractivity contribution is 7.37. The highest BCUT2D eigenvalue weighted by atomic mass is 35.5. The molecule has 0 aromatic carbocycles. The second kappa shape index (κ2) is 2.63. The average Bonchev–Trinajstić information content (AvgIpc) is 2.11. The van der Waals surface area contributed by atoms with Crippen molar-refractivity contribution >= 4 is 27.2 Å². The fraction of sp³-hybridized carbons (Fsp3) is 0.333. The van der Waals surface area contributed by atoms with Crippen LogP contribution in [0.25, 0.3) is 0 Å². The molecule has 1 heterocycles. The summed E-state index contributed by atoms with van der Waals surface area (Å²) in [6.45, 7) is 0. The molecule has 0 amide bonds. The second-order valence-corrected chi connectivity index (χ2v) is 3.81. The van der Waals surface area contributed by atoms with E-state index in [1.54, 1.807) is 0 Å². The van der Waals surface area contributed by atoms with E-state index >= 15 is 0 Å². The average molecular weight is 187 g/mol. The largest absolute Gasteiger partial charge is 0.427 e. The lowest BCUT2D eigenvalue weighted by atomic mass is 11.3. The Hall–Kier alpha value is -0.490. The van der Waals surface area contributed by atoms with Crippen molar-refractivity contribution in [2.24, 2.45) is 0 Å². The minimum Gasteiger partial charge on any atom is -0.337 e. The standard InChI is InChI=1S/C3H3ClF2N3S/c4-1-8-9-3(7)10(1)2(5)6/h2H,(H2,7,9)/q+1. The zero-order chi connectivity index (χ0) is 7.72. The molecule has 1 aromatic rings. The molecule has 0 fully saturated rings. The fourth-order valence-corrected chi connectivity index (χ4v) is 1.66. The van der Waals surface area contributed by atoms with Crippen LogP contribution < -0.4 is 5.73 Å². The van der Waals surface area contributed by atoms with Gasteiger partial charge in [-0.15, -0.1) is 0 Å². The quantitative estimate of drug-likeness (QED) is 0.681. The number of alkyl halides is 2. The number of halogens is 3. The maximum Gasteiger partial charge on any atom is 0.427 e. The van der Waals surface area contributed by atoms with E-state index in [2.05, 4.69) is 10.2 Å². The first-order chi connectivity index (χ1) is 4.63. The Kier molecular flexibility index (Phi) is 2.00. The molecule has 0 saturated heterocycles. The number of nitrogens with two attached hydrogens (primary N) is 1. The van der Waals surface area contributed by atoms with Crippen molar-refractivity contribution in [1.29, 1.82) is 0 Å². The Bertz CT molecular complexity index is 218. The maximum atomic E-state index is 11.9. The van der Waals surface area contributed by atoms with Gasteiger partial charge < -0.3 is 5.73 Å². The fourth-order valence-electron chi connectivity index (χ4n) is 0.428. The number of rotatable bonds is 1. The van der Waals surface area contributed by atoms with Gasteiger partial charge in [-0.2, -0.15) is 8.78 Å². The lowest BCUT2D eigenvalue weighted by molar-refractivity contribution is 0.205. The van der Waals surface area contributed by atoms with Gasteiger partial charge in [0.25, 0.3) is 0 Å². The minimum atomic E-state index is -2.59. The van der Waals surface area contributed by atoms with Crippen molar-refractivity contribution < 1.29 is 8.78 Å². The monoisotopic (exact) mass is 186 g/mol. The van der Waals surface area contributed by atoms with E-state index < -0.39 is 16.2 Å². The van der Waals surface area contributed by atoms with Gasteiger partial charge in [0, 0.05) is 11.6 Å². The van der Waals surface area contributed by atoms with Crippen LogP contribution >= 0.6 is 22.1 Å². The smallest absolute Gasteiger partial charge is 0.337 e. The molecular weight excluding hydrogens is 184 g/mol. The Morgan fingerprint density at radius 1 is 1.50 bits per heavy atom. The molecule has 2 N–H and O–H groups in total. The number of hydrogen-bond acceptors (Lipinski definition) is 3. The first kappa shape index (κ1) is 7.62. The summed E-state index contributed by atoms with van der Waals surface area (Å²) in [5, 5.41) is 6.21. The van der Waals surface area contributed by atoms with Gasteiger partial charge in [0.2, 0.25) is 0 Å². The van der Waals surface area contributed by atoms with Crippen LogP contribution in [0.15, 0.2) is 0 Å². The van der Waals surface area contributed by atoms with Crippen molar-refractivity contribution in [3.05, 3.63) is 4.47 Å². The third kappa shape index (κ3) is 1.17. The van der Waals surface area contributed by atoms with Crippen molar-refractivity contribution in [3.63, 3.8) is 0 Å². The molecule has 10 heavy (non-hydrogen) atoms. The normalized spacial score (nSPS) is 12.6. The molecule has 0 spiro atoms. The van der Waals surface area contributed by atoms with Gasteiger partial charge in [0.15, 0.2) is 0 Å². The number of anilines is 1. The van der Waals surface area contributed by atoms with Crippen LogP contribution in [0.2, 0.25) is 4.47 Å². The minimum absolute atomic E-state index is 0.194. The summed E-state index contributed by atoms with van der Waals surface area (Å²) in [5.41, 5.74) is 5.05. The van der Waals surface area contributed by atoms with Crippen molar-refractivity contribution in [1.82, 2.24) is 10.2 Å². The van der Waals surface area contributed by atoms with Crippen molar-refractivity contribution in [2.45, 2.75) is 5.76 Å². The third-order valence-corrected chi connectivity index (χ3v) is 2.72. The maximum absolute atomic E-state index is 11.9. The van der Waals surface area contributed by atoms with E-state index in [0.29, 0.717) is 0 Å². The summed E-state index contributed by atoms with van der Waals surface area (Å²) < 4.78 is 23.6. The van der Waals surface area contributed by atoms with Crippen LogP contribution in [0.1, 0.15) is 5.76 Å². The molecule has 0 aliphatic heterocycles. The predicted octanol–water partition coefficient (Wildman–Crippen LogP) is 1.86. The van der Waals surface area contributed by atoms with Crippen LogP contribution in [-0.2, 0) is 0 Å². The van der Waals surface area contributed by atoms with Gasteiger partial charge in [-0.1, -0.05) is 10.2 Å². The van der Waals surface area contributed by atoms with E-state index in [-0.39, 0.29) is 9.60 Å². The molecule has 0 bridgehead atoms. The Labute approximate surface area is 62.8 Å². The van der Waals surface area contributed by atoms with Gasteiger partial charge in [0.05, 0.1) is 0 Å². The van der Waals surface area contributed by atoms with Gasteiger partial charge in [0.1, 0.15) is 10.5 Å². The Balaban J connectivity index is 3.10. The molecule has 1 unspecified atom stereocenters. The zero-order valence-corrected chi connectivity index (χ0v) is 6.16. The molecule has 0 radical (unpaired) electrons. The molecule has 0 aliphatic rings. The van der Waals surface area contributed by atoms with E-state index in [1.807, 2.05) is 0 Å². The molecule has 1 atom stereocenters. The number of hydrogen-bond donors (Lipinski definition) is 1. The van der Waals surface area contributed by atoms with Gasteiger partial charge in [-0.05, 0) is 0 Å². The molecular formula is C3H3ClF2N3S+. The highest BCUT2D eigenvalue weighted by Gasteiger charge is 2.30. The van der Waals surface area contributed by atoms with Crippen LogP contribution in [0, 0.1) is 0 Å². The van der Waals surface area contributed by atoms with Crippen molar-refractivity contribution in [3.8, 4) is 0 Å². The van der Waals surface area contributed by atoms with Crippen LogP contribution in [-0.4, -0.2) is 10.2 Å². The zero-order valence-electron chi connectivity index (χ0n) is 4.59. The third-order valence-electron chi connectivity index (χ3n) is 0.812. The predicted molar refractivity (Wildman–Crippen MR) is 35.2 cm³/mol. The second-order valence-electron chi connectivity index (χ2n) is 1.39. The summed E-state index contributed by atoms with van der Waals surface area (Å²) in [5.74, 6) is -2.59. The SMILES string of the molecule is Nc1nnc(Cl)[s+]1C(F)F. The number of nitrogen functional groups attached to an aromatic ring is 1. The summed E-state index contributed by atoms with van der Waals surface area (Å²) in [4.78, 5) is 0. The molecule has 0 aliphatic carbocycles. The van der Waals surface area contributed by atoms with Crippen LogP contribution in [0.4, 0.5) is 13.9 Å². The number of nitrogens with zero attached hydrogens (tertiary/aromatic N) is 2. The van der Waals surface area contributed by atoms with Crippen molar-refractivity contribution in [2.75, 3.05) is 5.73 Å². The van der Waals surface area contributed by atoms with Gasteiger partial charge >= 0.3 is 15.4 Å². The van der Waals surface area contributed by atoms with Crippen LogP contribution in [0.5, 0.6) is 0 Å². The highest BCUT2D eigenvalue weighted by Crippen LogP contribution is 2.43. The summed E-state index contributed by atoms with van der Waals surface area (Å²) >= 11 is 5.26. The molecule has 3 nitrogen and oxygen atoms in total. The molecule has 0 saturated carbocycles. The Morgan fingerprint density at radius 3 is 2.30 bits per heavy atom. The van der Waals surface area contributed by atoms with E-state index in [4.69, 9.17) is 17.3 Å². The lowest BCUT2D eigenvalue weighted by Crippen LogP contribution is -1.84. The van der Waals surface area contributed by atoms with Gasteiger partial charge in [-0.25, -0.2) is 0 Å². The van der Waals surface area contributed by atoms with E-state index in [9.17, 15) is 8.78 Å². The summed E-state index contributed by atoms with van der Waals surface area (Å²) in [6.07, 6.45) is 0. The summed E-state index contributed by atoms with van der Waals surface area (Å²) in [6, 6.07) is 0. The van der Waals surface area contributed by atoms with Crippen LogP contribution in [0.3, 0.4) is 0 Å². The van der Waals surface area contributed by atoms with Gasteiger partial charge in [-0.3, -0.25) is 0 Å². The van der Waals surface area contributed by atoms with E-state index in [0.717, 1.165) is 0 Å². The molecule has 56 valence electrons. The topological polar surface area (TPSA) is 51.8 Å². The number of aromatic nitrogens is 2.